The second kappa shape index (κ2) is 31.6. The van der Waals surface area contributed by atoms with Gasteiger partial charge in [-0.1, -0.05) is 52.4 Å². The number of hydrogen-bond donors (Lipinski definition) is 0. The Hall–Kier alpha value is 0.599. The zero-order chi connectivity index (χ0) is 24.8. The summed E-state index contributed by atoms with van der Waals surface area (Å²) in [6.07, 6.45) is 39.5. The molecule has 0 radical (unpaired) electrons. The fourth-order valence-electron chi connectivity index (χ4n) is 5.16. The molecule has 0 aliphatic heterocycles. The first kappa shape index (κ1) is 34.6. The number of rotatable bonds is 30. The minimum absolute atomic E-state index is 1.12. The van der Waals surface area contributed by atoms with Gasteiger partial charge in [0.15, 0.2) is 0 Å². The molecule has 2 heteroatoms. The summed E-state index contributed by atoms with van der Waals surface area (Å²) in [5.74, 6) is 0. The van der Waals surface area contributed by atoms with Crippen molar-refractivity contribution in [2.75, 3.05) is 0 Å². The summed E-state index contributed by atoms with van der Waals surface area (Å²) in [4.78, 5) is 0. The molecule has 0 aromatic carbocycles. The van der Waals surface area contributed by atoms with E-state index in [0.717, 1.165) is 8.87 Å². The van der Waals surface area contributed by atoms with Crippen LogP contribution < -0.4 is 0 Å². The van der Waals surface area contributed by atoms with Crippen LogP contribution >= 0.6 is 0 Å². The Morgan fingerprint density at radius 1 is 0.294 bits per heavy atom. The van der Waals surface area contributed by atoms with Gasteiger partial charge >= 0.3 is 173 Å². The van der Waals surface area contributed by atoms with Crippen molar-refractivity contribution >= 4 is 19.7 Å². The minimum Gasteiger partial charge on any atom is -0.0654 e. The molecule has 0 atom stereocenters. The number of hydrogen-bond acceptors (Lipinski definition) is 1. The molecular formula is C32H66OSn. The van der Waals surface area contributed by atoms with E-state index in [1.54, 1.807) is 0 Å². The zero-order valence-electron chi connectivity index (χ0n) is 24.1. The molecule has 0 rings (SSSR count). The Morgan fingerprint density at radius 2 is 0.471 bits per heavy atom. The molecule has 0 N–H and O–H groups in total. The van der Waals surface area contributed by atoms with Gasteiger partial charge in [-0.15, -0.1) is 0 Å². The van der Waals surface area contributed by atoms with Gasteiger partial charge in [0.2, 0.25) is 0 Å². The third kappa shape index (κ3) is 30.6. The topological polar surface area (TPSA) is 17.1 Å². The fraction of sp³-hybridized carbons (Fsp3) is 1.00. The van der Waals surface area contributed by atoms with E-state index in [1.165, 1.54) is 180 Å². The van der Waals surface area contributed by atoms with E-state index in [0.29, 0.717) is 0 Å². The van der Waals surface area contributed by atoms with Gasteiger partial charge in [-0.05, 0) is 0 Å². The second-order valence-electron chi connectivity index (χ2n) is 11.2. The third-order valence-electron chi connectivity index (χ3n) is 7.62. The van der Waals surface area contributed by atoms with Gasteiger partial charge in [0.25, 0.3) is 0 Å². The van der Waals surface area contributed by atoms with E-state index in [4.69, 9.17) is 0 Å². The number of unbranched alkanes of at least 4 members (excludes halogenated alkanes) is 26. The molecule has 0 aromatic heterocycles. The van der Waals surface area contributed by atoms with Crippen molar-refractivity contribution in [2.24, 2.45) is 0 Å². The van der Waals surface area contributed by atoms with Crippen molar-refractivity contribution in [1.29, 1.82) is 0 Å². The van der Waals surface area contributed by atoms with Crippen LogP contribution in [0.1, 0.15) is 194 Å². The summed E-state index contributed by atoms with van der Waals surface area (Å²) in [6, 6.07) is 0. The fourth-order valence-corrected chi connectivity index (χ4v) is 9.55. The Bertz CT molecular complexity index is 347. The first-order valence-electron chi connectivity index (χ1n) is 16.3. The van der Waals surface area contributed by atoms with E-state index in [9.17, 15) is 3.08 Å². The van der Waals surface area contributed by atoms with E-state index in [-0.39, 0.29) is 0 Å². The molecule has 0 unspecified atom stereocenters. The van der Waals surface area contributed by atoms with Gasteiger partial charge in [0, 0.05) is 0 Å². The van der Waals surface area contributed by atoms with Gasteiger partial charge in [-0.25, -0.2) is 0 Å². The Kier molecular flexibility index (Phi) is 32.2. The SMILES string of the molecule is CCCCCCCCCCCCCCC[CH2][Sn](=[O])[CH2]CCCCCCCCCCCCCCC. The van der Waals surface area contributed by atoms with Crippen LogP contribution in [-0.2, 0) is 3.08 Å². The molecule has 0 aliphatic rings. The molecule has 34 heavy (non-hydrogen) atoms. The van der Waals surface area contributed by atoms with Crippen molar-refractivity contribution in [3.05, 3.63) is 0 Å². The molecule has 0 heterocycles. The van der Waals surface area contributed by atoms with Crippen LogP contribution in [0.4, 0.5) is 0 Å². The molecule has 0 aliphatic carbocycles. The predicted molar refractivity (Wildman–Crippen MR) is 157 cm³/mol. The Labute approximate surface area is 224 Å². The maximum atomic E-state index is 12.4. The van der Waals surface area contributed by atoms with Crippen molar-refractivity contribution < 1.29 is 3.08 Å². The van der Waals surface area contributed by atoms with Crippen molar-refractivity contribution in [1.82, 2.24) is 0 Å². The van der Waals surface area contributed by atoms with Crippen LogP contribution in [0.3, 0.4) is 0 Å². The van der Waals surface area contributed by atoms with Crippen LogP contribution in [0.2, 0.25) is 8.87 Å². The average molecular weight is 586 g/mol. The maximum absolute atomic E-state index is 12.4. The molecule has 0 bridgehead atoms. The third-order valence-corrected chi connectivity index (χ3v) is 12.8. The average Bonchev–Trinajstić information content (AvgIpc) is 2.84. The van der Waals surface area contributed by atoms with Crippen LogP contribution in [-0.4, -0.2) is 19.7 Å². The summed E-state index contributed by atoms with van der Waals surface area (Å²) in [7, 11) is 0. The van der Waals surface area contributed by atoms with Gasteiger partial charge < -0.3 is 0 Å². The smallest absolute Gasteiger partial charge is 0.0654 e. The summed E-state index contributed by atoms with van der Waals surface area (Å²) >= 11 is -2.19. The normalized spacial score (nSPS) is 11.4. The summed E-state index contributed by atoms with van der Waals surface area (Å²) in [6.45, 7) is 4.59. The van der Waals surface area contributed by atoms with Crippen LogP contribution in [0, 0.1) is 0 Å². The van der Waals surface area contributed by atoms with Gasteiger partial charge in [0.1, 0.15) is 0 Å². The predicted octanol–water partition coefficient (Wildman–Crippen LogP) is 12.4. The summed E-state index contributed by atoms with van der Waals surface area (Å²) in [5.41, 5.74) is 0. The van der Waals surface area contributed by atoms with Gasteiger partial charge in [-0.2, -0.15) is 0 Å². The van der Waals surface area contributed by atoms with Crippen LogP contribution in [0.15, 0.2) is 0 Å². The molecule has 0 amide bonds. The molecule has 204 valence electrons. The molecule has 0 aromatic rings. The standard InChI is InChI=1S/2C16H33.O.Sn/c2*1-3-5-7-9-11-13-15-16-14-12-10-8-6-4-2;;/h2*1,3-16H2,2H3;;. The summed E-state index contributed by atoms with van der Waals surface area (Å²) < 4.78 is 14.6. The van der Waals surface area contributed by atoms with Crippen molar-refractivity contribution in [3.63, 3.8) is 0 Å². The van der Waals surface area contributed by atoms with Crippen LogP contribution in [0.25, 0.3) is 0 Å². The molecule has 1 nitrogen and oxygen atoms in total. The summed E-state index contributed by atoms with van der Waals surface area (Å²) in [5, 5.41) is 0. The minimum atomic E-state index is -2.19. The molecular weight excluding hydrogens is 519 g/mol. The van der Waals surface area contributed by atoms with E-state index >= 15 is 0 Å². The van der Waals surface area contributed by atoms with Crippen LogP contribution in [0.5, 0.6) is 0 Å². The molecule has 0 saturated carbocycles. The van der Waals surface area contributed by atoms with E-state index in [2.05, 4.69) is 13.8 Å². The second-order valence-corrected chi connectivity index (χ2v) is 17.2. The Balaban J connectivity index is 3.14. The Morgan fingerprint density at radius 3 is 0.676 bits per heavy atom. The molecule has 0 saturated heterocycles. The van der Waals surface area contributed by atoms with Crippen molar-refractivity contribution in [2.45, 2.75) is 203 Å². The van der Waals surface area contributed by atoms with Crippen molar-refractivity contribution in [3.8, 4) is 0 Å². The quantitative estimate of drug-likeness (QED) is 0.0605. The zero-order valence-corrected chi connectivity index (χ0v) is 27.0. The van der Waals surface area contributed by atoms with Gasteiger partial charge in [-0.3, -0.25) is 0 Å². The molecule has 0 spiro atoms. The van der Waals surface area contributed by atoms with E-state index < -0.39 is 19.7 Å². The first-order chi connectivity index (χ1) is 16.8. The van der Waals surface area contributed by atoms with E-state index in [1.807, 2.05) is 0 Å². The monoisotopic (exact) mass is 586 g/mol. The first-order valence-corrected chi connectivity index (χ1v) is 21.5. The van der Waals surface area contributed by atoms with Gasteiger partial charge in [0.05, 0.1) is 0 Å². The molecule has 0 fully saturated rings.